The summed E-state index contributed by atoms with van der Waals surface area (Å²) in [6.07, 6.45) is 3.31. The van der Waals surface area contributed by atoms with Gasteiger partial charge in [-0.1, -0.05) is 6.42 Å². The lowest BCUT2D eigenvalue weighted by molar-refractivity contribution is -0.125. The highest BCUT2D eigenvalue weighted by Crippen LogP contribution is 2.23. The van der Waals surface area contributed by atoms with Gasteiger partial charge in [-0.15, -0.1) is 0 Å². The molecule has 86 valence electrons. The van der Waals surface area contributed by atoms with Crippen LogP contribution in [0.3, 0.4) is 0 Å². The smallest absolute Gasteiger partial charge is 0.236 e. The number of nitrogens with one attached hydrogen (secondary N) is 1. The Morgan fingerprint density at radius 2 is 2.07 bits per heavy atom. The quantitative estimate of drug-likeness (QED) is 0.589. The van der Waals surface area contributed by atoms with Crippen molar-refractivity contribution < 1.29 is 9.59 Å². The standard InChI is InChI=1S/C10H19N3O2/c1-6(11)10(15)13-8-4-2-3-7(5-8)9(12)14/h6-8H,2-5,11H2,1H3,(H2,12,14)(H,13,15)/t6-,7?,8?/m1/s1. The molecule has 1 saturated carbocycles. The second-order valence-electron chi connectivity index (χ2n) is 4.26. The zero-order valence-electron chi connectivity index (χ0n) is 9.03. The predicted octanol–water partition coefficient (Wildman–Crippen LogP) is -0.506. The third-order valence-electron chi connectivity index (χ3n) is 2.84. The molecule has 2 amide bonds. The minimum Gasteiger partial charge on any atom is -0.369 e. The molecule has 1 aliphatic carbocycles. The summed E-state index contributed by atoms with van der Waals surface area (Å²) in [5.74, 6) is -0.531. The molecule has 0 aromatic carbocycles. The van der Waals surface area contributed by atoms with Crippen LogP contribution in [0.25, 0.3) is 0 Å². The molecule has 1 rings (SSSR count). The molecule has 0 saturated heterocycles. The maximum absolute atomic E-state index is 11.3. The van der Waals surface area contributed by atoms with Crippen molar-refractivity contribution in [2.75, 3.05) is 0 Å². The lowest BCUT2D eigenvalue weighted by Crippen LogP contribution is -2.46. The van der Waals surface area contributed by atoms with E-state index in [4.69, 9.17) is 11.5 Å². The van der Waals surface area contributed by atoms with E-state index in [1.165, 1.54) is 0 Å². The van der Waals surface area contributed by atoms with Crippen LogP contribution in [0, 0.1) is 5.92 Å². The van der Waals surface area contributed by atoms with E-state index in [2.05, 4.69) is 5.32 Å². The number of nitrogens with two attached hydrogens (primary N) is 2. The van der Waals surface area contributed by atoms with E-state index in [1.54, 1.807) is 6.92 Å². The number of hydrogen-bond donors (Lipinski definition) is 3. The fraction of sp³-hybridized carbons (Fsp3) is 0.800. The number of hydrogen-bond acceptors (Lipinski definition) is 3. The van der Waals surface area contributed by atoms with Crippen molar-refractivity contribution in [1.29, 1.82) is 0 Å². The second kappa shape index (κ2) is 5.11. The average Bonchev–Trinajstić information content (AvgIpc) is 2.18. The molecule has 0 aromatic heterocycles. The Bertz CT molecular complexity index is 253. The molecule has 2 unspecified atom stereocenters. The van der Waals surface area contributed by atoms with Gasteiger partial charge < -0.3 is 16.8 Å². The molecule has 0 spiro atoms. The summed E-state index contributed by atoms with van der Waals surface area (Å²) in [7, 11) is 0. The predicted molar refractivity (Wildman–Crippen MR) is 56.7 cm³/mol. The number of rotatable bonds is 3. The molecule has 1 fully saturated rings. The van der Waals surface area contributed by atoms with Gasteiger partial charge >= 0.3 is 0 Å². The first-order chi connectivity index (χ1) is 7.00. The molecule has 3 atom stereocenters. The SMILES string of the molecule is C[C@@H](N)C(=O)NC1CCCC(C(N)=O)C1. The highest BCUT2D eigenvalue weighted by Gasteiger charge is 2.26. The van der Waals surface area contributed by atoms with E-state index in [1.807, 2.05) is 0 Å². The highest BCUT2D eigenvalue weighted by molar-refractivity contribution is 5.81. The first-order valence-electron chi connectivity index (χ1n) is 5.36. The largest absolute Gasteiger partial charge is 0.369 e. The van der Waals surface area contributed by atoms with Gasteiger partial charge in [-0.2, -0.15) is 0 Å². The number of primary amides is 1. The molecule has 0 heterocycles. The Morgan fingerprint density at radius 1 is 1.40 bits per heavy atom. The van der Waals surface area contributed by atoms with E-state index in [0.717, 1.165) is 19.3 Å². The molecule has 5 nitrogen and oxygen atoms in total. The van der Waals surface area contributed by atoms with Crippen LogP contribution in [-0.2, 0) is 9.59 Å². The number of carbonyl (C=O) groups is 2. The van der Waals surface area contributed by atoms with Crippen molar-refractivity contribution in [2.45, 2.75) is 44.7 Å². The molecule has 0 radical (unpaired) electrons. The molecule has 5 N–H and O–H groups in total. The molecule has 0 aromatic rings. The maximum Gasteiger partial charge on any atom is 0.236 e. The minimum atomic E-state index is -0.501. The average molecular weight is 213 g/mol. The zero-order chi connectivity index (χ0) is 11.4. The van der Waals surface area contributed by atoms with Crippen molar-refractivity contribution in [3.8, 4) is 0 Å². The van der Waals surface area contributed by atoms with Crippen molar-refractivity contribution in [1.82, 2.24) is 5.32 Å². The van der Waals surface area contributed by atoms with Crippen LogP contribution in [0.2, 0.25) is 0 Å². The Balaban J connectivity index is 2.43. The van der Waals surface area contributed by atoms with Crippen molar-refractivity contribution in [3.05, 3.63) is 0 Å². The molecule has 1 aliphatic rings. The van der Waals surface area contributed by atoms with Crippen LogP contribution in [0.5, 0.6) is 0 Å². The lowest BCUT2D eigenvalue weighted by Gasteiger charge is -2.28. The summed E-state index contributed by atoms with van der Waals surface area (Å²) < 4.78 is 0. The second-order valence-corrected chi connectivity index (χ2v) is 4.26. The Morgan fingerprint density at radius 3 is 2.60 bits per heavy atom. The van der Waals surface area contributed by atoms with Gasteiger partial charge in [-0.25, -0.2) is 0 Å². The zero-order valence-corrected chi connectivity index (χ0v) is 9.03. The minimum absolute atomic E-state index is 0.0507. The highest BCUT2D eigenvalue weighted by atomic mass is 16.2. The Hall–Kier alpha value is -1.10. The summed E-state index contributed by atoms with van der Waals surface area (Å²) in [5, 5.41) is 2.83. The van der Waals surface area contributed by atoms with E-state index >= 15 is 0 Å². The molecule has 5 heteroatoms. The van der Waals surface area contributed by atoms with Gasteiger partial charge in [0.2, 0.25) is 11.8 Å². The maximum atomic E-state index is 11.3. The van der Waals surface area contributed by atoms with E-state index in [9.17, 15) is 9.59 Å². The van der Waals surface area contributed by atoms with Gasteiger partial charge in [0, 0.05) is 12.0 Å². The van der Waals surface area contributed by atoms with Crippen molar-refractivity contribution in [2.24, 2.45) is 17.4 Å². The van der Waals surface area contributed by atoms with Crippen LogP contribution in [0.4, 0.5) is 0 Å². The van der Waals surface area contributed by atoms with Crippen LogP contribution in [-0.4, -0.2) is 23.9 Å². The summed E-state index contributed by atoms with van der Waals surface area (Å²) in [5.41, 5.74) is 10.7. The summed E-state index contributed by atoms with van der Waals surface area (Å²) in [6, 6.07) is -0.450. The molecular weight excluding hydrogens is 194 g/mol. The number of amides is 2. The van der Waals surface area contributed by atoms with Gasteiger partial charge in [-0.05, 0) is 26.2 Å². The Kier molecular flexibility index (Phi) is 4.08. The van der Waals surface area contributed by atoms with Crippen molar-refractivity contribution >= 4 is 11.8 Å². The van der Waals surface area contributed by atoms with Gasteiger partial charge in [-0.3, -0.25) is 9.59 Å². The topological polar surface area (TPSA) is 98.2 Å². The first-order valence-corrected chi connectivity index (χ1v) is 5.36. The van der Waals surface area contributed by atoms with E-state index < -0.39 is 6.04 Å². The summed E-state index contributed by atoms with van der Waals surface area (Å²) in [6.45, 7) is 1.64. The van der Waals surface area contributed by atoms with Gasteiger partial charge in [0.15, 0.2) is 0 Å². The normalized spacial score (nSPS) is 28.1. The van der Waals surface area contributed by atoms with E-state index in [0.29, 0.717) is 6.42 Å². The third-order valence-corrected chi connectivity index (χ3v) is 2.84. The molecular formula is C10H19N3O2. The van der Waals surface area contributed by atoms with Crippen LogP contribution in [0.15, 0.2) is 0 Å². The van der Waals surface area contributed by atoms with Crippen LogP contribution >= 0.6 is 0 Å². The van der Waals surface area contributed by atoms with Gasteiger partial charge in [0.25, 0.3) is 0 Å². The summed E-state index contributed by atoms with van der Waals surface area (Å²) in [4.78, 5) is 22.3. The van der Waals surface area contributed by atoms with Gasteiger partial charge in [0.05, 0.1) is 6.04 Å². The third kappa shape index (κ3) is 3.51. The van der Waals surface area contributed by atoms with Gasteiger partial charge in [0.1, 0.15) is 0 Å². The lowest BCUT2D eigenvalue weighted by atomic mass is 9.85. The molecule has 0 aliphatic heterocycles. The number of carbonyl (C=O) groups excluding carboxylic acids is 2. The molecule has 0 bridgehead atoms. The monoisotopic (exact) mass is 213 g/mol. The van der Waals surface area contributed by atoms with Crippen molar-refractivity contribution in [3.63, 3.8) is 0 Å². The van der Waals surface area contributed by atoms with Crippen LogP contribution in [0.1, 0.15) is 32.6 Å². The first kappa shape index (κ1) is 12.0. The summed E-state index contributed by atoms with van der Waals surface area (Å²) >= 11 is 0. The van der Waals surface area contributed by atoms with Crippen LogP contribution < -0.4 is 16.8 Å². The Labute approximate surface area is 89.6 Å². The fourth-order valence-electron chi connectivity index (χ4n) is 1.91. The molecule has 15 heavy (non-hydrogen) atoms. The van der Waals surface area contributed by atoms with E-state index in [-0.39, 0.29) is 23.8 Å². The fourth-order valence-corrected chi connectivity index (χ4v) is 1.91.